The molecule has 11 rings (SSSR count). The van der Waals surface area contributed by atoms with E-state index in [0.29, 0.717) is 0 Å². The van der Waals surface area contributed by atoms with Crippen molar-refractivity contribution in [1.29, 1.82) is 0 Å². The van der Waals surface area contributed by atoms with Crippen LogP contribution in [0.15, 0.2) is 243 Å². The van der Waals surface area contributed by atoms with E-state index < -0.39 is 0 Å². The zero-order chi connectivity index (χ0) is 39.8. The summed E-state index contributed by atoms with van der Waals surface area (Å²) in [6, 6.07) is 87.8. The van der Waals surface area contributed by atoms with Gasteiger partial charge in [-0.15, -0.1) is 0 Å². The Bertz CT molecular complexity index is 3270. The molecular weight excluding hydrogens is 725 g/mol. The molecule has 2 heteroatoms. The number of fused-ring (bicyclic) bond motifs is 4. The first-order chi connectivity index (χ1) is 29.8. The number of para-hydroxylation sites is 3. The molecule has 0 unspecified atom stereocenters. The van der Waals surface area contributed by atoms with Crippen molar-refractivity contribution in [2.45, 2.75) is 0 Å². The Balaban J connectivity index is 1.08. The van der Waals surface area contributed by atoms with Gasteiger partial charge in [-0.1, -0.05) is 182 Å². The van der Waals surface area contributed by atoms with Crippen molar-refractivity contribution in [2.75, 3.05) is 4.90 Å². The second kappa shape index (κ2) is 15.1. The molecule has 11 aromatic rings. The molecule has 0 atom stereocenters. The maximum absolute atomic E-state index is 2.42. The fourth-order valence-corrected chi connectivity index (χ4v) is 8.98. The molecule has 1 heterocycles. The number of benzene rings is 10. The van der Waals surface area contributed by atoms with E-state index in [-0.39, 0.29) is 0 Å². The van der Waals surface area contributed by atoms with Gasteiger partial charge in [0.1, 0.15) is 0 Å². The second-order valence-electron chi connectivity index (χ2n) is 15.3. The lowest BCUT2D eigenvalue weighted by Gasteiger charge is -2.28. The largest absolute Gasteiger partial charge is 0.310 e. The Morgan fingerprint density at radius 3 is 1.55 bits per heavy atom. The minimum absolute atomic E-state index is 1.09. The maximum atomic E-state index is 2.42. The summed E-state index contributed by atoms with van der Waals surface area (Å²) >= 11 is 0. The minimum Gasteiger partial charge on any atom is -0.310 e. The van der Waals surface area contributed by atoms with Gasteiger partial charge in [-0.2, -0.15) is 0 Å². The molecule has 0 bridgehead atoms. The van der Waals surface area contributed by atoms with Crippen molar-refractivity contribution in [3.8, 4) is 50.2 Å². The summed E-state index contributed by atoms with van der Waals surface area (Å²) in [5, 5.41) is 4.95. The Kier molecular flexibility index (Phi) is 8.87. The van der Waals surface area contributed by atoms with E-state index in [4.69, 9.17) is 0 Å². The number of anilines is 3. The highest BCUT2D eigenvalue weighted by Crippen LogP contribution is 2.46. The van der Waals surface area contributed by atoms with Crippen LogP contribution in [0.2, 0.25) is 0 Å². The van der Waals surface area contributed by atoms with Crippen molar-refractivity contribution >= 4 is 49.6 Å². The van der Waals surface area contributed by atoms with Crippen molar-refractivity contribution in [1.82, 2.24) is 4.57 Å². The number of nitrogens with zero attached hydrogens (tertiary/aromatic N) is 2. The molecule has 0 aliphatic rings. The molecule has 10 aromatic carbocycles. The van der Waals surface area contributed by atoms with E-state index in [1.165, 1.54) is 71.5 Å². The van der Waals surface area contributed by atoms with E-state index in [0.717, 1.165) is 28.3 Å². The number of rotatable bonds is 8. The fourth-order valence-electron chi connectivity index (χ4n) is 8.98. The van der Waals surface area contributed by atoms with Crippen molar-refractivity contribution in [2.24, 2.45) is 0 Å². The summed E-state index contributed by atoms with van der Waals surface area (Å²) in [5.41, 5.74) is 16.4. The molecule has 0 N–H and O–H groups in total. The first-order valence-corrected chi connectivity index (χ1v) is 20.6. The number of aromatic nitrogens is 1. The second-order valence-corrected chi connectivity index (χ2v) is 15.3. The van der Waals surface area contributed by atoms with Gasteiger partial charge in [-0.3, -0.25) is 0 Å². The van der Waals surface area contributed by atoms with Crippen LogP contribution in [0.25, 0.3) is 82.8 Å². The van der Waals surface area contributed by atoms with Crippen LogP contribution in [-0.4, -0.2) is 4.57 Å². The van der Waals surface area contributed by atoms with Crippen LogP contribution in [0.4, 0.5) is 17.1 Å². The average molecular weight is 765 g/mol. The van der Waals surface area contributed by atoms with Gasteiger partial charge in [0.25, 0.3) is 0 Å². The van der Waals surface area contributed by atoms with Gasteiger partial charge in [0.2, 0.25) is 0 Å². The lowest BCUT2D eigenvalue weighted by Crippen LogP contribution is -2.11. The summed E-state index contributed by atoms with van der Waals surface area (Å²) in [6.45, 7) is 0. The highest BCUT2D eigenvalue weighted by molar-refractivity contribution is 6.17. The van der Waals surface area contributed by atoms with Crippen molar-refractivity contribution in [3.05, 3.63) is 243 Å². The Labute approximate surface area is 350 Å². The smallest absolute Gasteiger partial charge is 0.0547 e. The molecule has 2 nitrogen and oxygen atoms in total. The van der Waals surface area contributed by atoms with E-state index >= 15 is 0 Å². The lowest BCUT2D eigenvalue weighted by atomic mass is 9.94. The monoisotopic (exact) mass is 764 g/mol. The predicted octanol–water partition coefficient (Wildman–Crippen LogP) is 16.1. The minimum atomic E-state index is 1.09. The zero-order valence-electron chi connectivity index (χ0n) is 33.0. The predicted molar refractivity (Wildman–Crippen MR) is 255 cm³/mol. The molecule has 1 aromatic heterocycles. The van der Waals surface area contributed by atoms with Gasteiger partial charge in [-0.25, -0.2) is 0 Å². The Morgan fingerprint density at radius 1 is 0.300 bits per heavy atom. The normalized spacial score (nSPS) is 11.3. The molecule has 0 radical (unpaired) electrons. The lowest BCUT2D eigenvalue weighted by molar-refractivity contribution is 1.18. The molecule has 0 fully saturated rings. The highest BCUT2D eigenvalue weighted by atomic mass is 15.1. The van der Waals surface area contributed by atoms with Crippen LogP contribution in [0.1, 0.15) is 0 Å². The molecule has 282 valence electrons. The van der Waals surface area contributed by atoms with Gasteiger partial charge in [0.05, 0.1) is 16.7 Å². The maximum Gasteiger partial charge on any atom is 0.0547 e. The number of hydrogen-bond acceptors (Lipinski definition) is 1. The van der Waals surface area contributed by atoms with Crippen LogP contribution in [0.3, 0.4) is 0 Å². The van der Waals surface area contributed by atoms with Crippen molar-refractivity contribution < 1.29 is 0 Å². The van der Waals surface area contributed by atoms with Crippen LogP contribution in [0.5, 0.6) is 0 Å². The van der Waals surface area contributed by atoms with Gasteiger partial charge >= 0.3 is 0 Å². The van der Waals surface area contributed by atoms with Crippen LogP contribution < -0.4 is 4.90 Å². The first-order valence-electron chi connectivity index (χ1n) is 20.6. The SMILES string of the molecule is c1ccc(-c2ccc(N(c3ccc(-c4cccc5ccc(-c6ccccc6)cc45)cc3)c3ccccc3-c3cccc4c3c3ccccc3n4-c3ccccc3)cc2)cc1. The van der Waals surface area contributed by atoms with E-state index in [1.54, 1.807) is 0 Å². The van der Waals surface area contributed by atoms with Crippen molar-refractivity contribution in [3.63, 3.8) is 0 Å². The summed E-state index contributed by atoms with van der Waals surface area (Å²) in [4.78, 5) is 2.42. The summed E-state index contributed by atoms with van der Waals surface area (Å²) in [5.74, 6) is 0. The zero-order valence-corrected chi connectivity index (χ0v) is 33.0. The Hall–Kier alpha value is -7.94. The van der Waals surface area contributed by atoms with Gasteiger partial charge < -0.3 is 9.47 Å². The van der Waals surface area contributed by atoms with E-state index in [9.17, 15) is 0 Å². The van der Waals surface area contributed by atoms with Crippen LogP contribution in [-0.2, 0) is 0 Å². The molecular formula is C58H40N2. The summed E-state index contributed by atoms with van der Waals surface area (Å²) < 4.78 is 2.39. The summed E-state index contributed by atoms with van der Waals surface area (Å²) in [6.07, 6.45) is 0. The highest BCUT2D eigenvalue weighted by Gasteiger charge is 2.22. The first kappa shape index (κ1) is 35.2. The molecule has 0 aliphatic carbocycles. The van der Waals surface area contributed by atoms with Crippen LogP contribution in [0, 0.1) is 0 Å². The van der Waals surface area contributed by atoms with Gasteiger partial charge in [-0.05, 0) is 110 Å². The average Bonchev–Trinajstić information content (AvgIpc) is 3.67. The third-order valence-corrected chi connectivity index (χ3v) is 11.8. The molecule has 0 amide bonds. The molecule has 0 saturated heterocycles. The quantitative estimate of drug-likeness (QED) is 0.150. The standard InChI is InChI=1S/C58H40N2/c1-4-16-41(17-5-1)43-32-36-48(37-33-43)59(49-38-34-45(35-39-49)50-25-14-20-44-30-31-46(40-54(44)50)42-18-6-2-7-19-42)55-27-12-10-23-51(55)52-26-15-29-57-58(52)53-24-11-13-28-56(53)60(57)47-21-8-3-9-22-47/h1-40H. The van der Waals surface area contributed by atoms with Crippen LogP contribution >= 0.6 is 0 Å². The fraction of sp³-hybridized carbons (Fsp3) is 0. The van der Waals surface area contributed by atoms with E-state index in [2.05, 4.69) is 252 Å². The van der Waals surface area contributed by atoms with E-state index in [1.807, 2.05) is 0 Å². The molecule has 0 spiro atoms. The Morgan fingerprint density at radius 2 is 0.817 bits per heavy atom. The summed E-state index contributed by atoms with van der Waals surface area (Å²) in [7, 11) is 0. The molecule has 0 aliphatic heterocycles. The number of hydrogen-bond donors (Lipinski definition) is 0. The molecule has 0 saturated carbocycles. The third kappa shape index (κ3) is 6.23. The molecule has 60 heavy (non-hydrogen) atoms. The van der Waals surface area contributed by atoms with Gasteiger partial charge in [0, 0.05) is 33.4 Å². The topological polar surface area (TPSA) is 8.17 Å². The third-order valence-electron chi connectivity index (χ3n) is 11.8. The van der Waals surface area contributed by atoms with Gasteiger partial charge in [0.15, 0.2) is 0 Å².